The lowest BCUT2D eigenvalue weighted by molar-refractivity contribution is -0.858. The van der Waals surface area contributed by atoms with Crippen LogP contribution in [0.4, 0.5) is 4.39 Å². The van der Waals surface area contributed by atoms with Gasteiger partial charge in [0.25, 0.3) is 5.91 Å². The lowest BCUT2D eigenvalue weighted by Crippen LogP contribution is -3.05. The first kappa shape index (κ1) is 19.8. The molecular formula is C21H24FN3O3+2. The third-order valence-electron chi connectivity index (χ3n) is 4.97. The first-order valence-electron chi connectivity index (χ1n) is 9.30. The van der Waals surface area contributed by atoms with Crippen molar-refractivity contribution in [2.24, 2.45) is 5.92 Å². The van der Waals surface area contributed by atoms with Crippen LogP contribution in [0.25, 0.3) is 0 Å². The zero-order chi connectivity index (χ0) is 20.3. The zero-order valence-electron chi connectivity index (χ0n) is 15.9. The molecule has 0 saturated carbocycles. The number of carbonyl (C=O) groups excluding carboxylic acids is 3. The van der Waals surface area contributed by atoms with E-state index >= 15 is 0 Å². The molecule has 0 bridgehead atoms. The number of carbonyl (C=O) groups is 3. The van der Waals surface area contributed by atoms with Gasteiger partial charge in [-0.25, -0.2) is 9.37 Å². The van der Waals surface area contributed by atoms with Gasteiger partial charge in [0.2, 0.25) is 5.78 Å². The fraction of sp³-hybridized carbons (Fsp3) is 0.333. The first-order valence-corrected chi connectivity index (χ1v) is 9.30. The Morgan fingerprint density at radius 1 is 1.18 bits per heavy atom. The number of aromatic nitrogens is 1. The number of rotatable bonds is 7. The Kier molecular flexibility index (Phi) is 5.94. The number of aromatic amines is 1. The number of hydrogen-bond acceptors (Lipinski definition) is 3. The predicted molar refractivity (Wildman–Crippen MR) is 99.0 cm³/mol. The second kappa shape index (κ2) is 8.39. The standard InChI is InChI=1S/C21H22FN3O3/c1-24(2)11-4-12-25-18(15-5-3-10-23-13-15)17(20(27)21(25)28)19(26)14-6-8-16(22)9-7-14/h3,5-10,13,17-18H,4,11-12H2,1-2H3/p+2. The SMILES string of the molecule is C[NH+](C)CCCN1C(=O)C(=O)C(C(=O)c2ccc(F)cc2)C1c1ccc[nH+]c1. The van der Waals surface area contributed by atoms with Crippen LogP contribution in [-0.2, 0) is 9.59 Å². The number of H-pyrrole nitrogens is 1. The Labute approximate surface area is 163 Å². The largest absolute Gasteiger partial charge is 0.340 e. The summed E-state index contributed by atoms with van der Waals surface area (Å²) in [5.41, 5.74) is 0.913. The number of hydrogen-bond donors (Lipinski definition) is 1. The molecule has 1 aliphatic heterocycles. The van der Waals surface area contributed by atoms with Gasteiger partial charge in [0.1, 0.15) is 11.7 Å². The Morgan fingerprint density at radius 3 is 2.50 bits per heavy atom. The number of halogens is 1. The molecule has 3 rings (SSSR count). The van der Waals surface area contributed by atoms with Crippen molar-refractivity contribution in [3.8, 4) is 0 Å². The molecule has 28 heavy (non-hydrogen) atoms. The van der Waals surface area contributed by atoms with Crippen molar-refractivity contribution >= 4 is 17.5 Å². The average Bonchev–Trinajstić information content (AvgIpc) is 2.93. The summed E-state index contributed by atoms with van der Waals surface area (Å²) >= 11 is 0. The van der Waals surface area contributed by atoms with Crippen LogP contribution in [0.3, 0.4) is 0 Å². The number of nitrogens with one attached hydrogen (secondary N) is 2. The molecule has 1 aromatic carbocycles. The minimum atomic E-state index is -1.14. The molecule has 7 heteroatoms. The van der Waals surface area contributed by atoms with E-state index in [4.69, 9.17) is 0 Å². The molecule has 0 radical (unpaired) electrons. The summed E-state index contributed by atoms with van der Waals surface area (Å²) in [6.45, 7) is 1.23. The summed E-state index contributed by atoms with van der Waals surface area (Å²) in [6, 6.07) is 7.94. The second-order valence-electron chi connectivity index (χ2n) is 7.30. The van der Waals surface area contributed by atoms with Crippen molar-refractivity contribution in [1.29, 1.82) is 0 Å². The van der Waals surface area contributed by atoms with E-state index in [1.807, 2.05) is 14.1 Å². The maximum atomic E-state index is 13.2. The van der Waals surface area contributed by atoms with Gasteiger partial charge >= 0.3 is 0 Å². The smallest absolute Gasteiger partial charge is 0.291 e. The lowest BCUT2D eigenvalue weighted by atomic mass is 9.87. The molecule has 0 spiro atoms. The van der Waals surface area contributed by atoms with Crippen LogP contribution in [0, 0.1) is 11.7 Å². The monoisotopic (exact) mass is 385 g/mol. The van der Waals surface area contributed by atoms with Gasteiger partial charge in [-0.1, -0.05) is 0 Å². The second-order valence-corrected chi connectivity index (χ2v) is 7.30. The highest BCUT2D eigenvalue weighted by atomic mass is 19.1. The number of amides is 1. The number of benzene rings is 1. The topological polar surface area (TPSA) is 73.0 Å². The van der Waals surface area contributed by atoms with Crippen LogP contribution < -0.4 is 9.88 Å². The Bertz CT molecular complexity index is 868. The van der Waals surface area contributed by atoms with Crippen LogP contribution in [0.2, 0.25) is 0 Å². The van der Waals surface area contributed by atoms with Crippen molar-refractivity contribution < 1.29 is 28.7 Å². The maximum absolute atomic E-state index is 13.2. The van der Waals surface area contributed by atoms with Gasteiger partial charge in [0, 0.05) is 30.2 Å². The molecule has 146 valence electrons. The van der Waals surface area contributed by atoms with E-state index in [2.05, 4.69) is 4.98 Å². The summed E-state index contributed by atoms with van der Waals surface area (Å²) in [7, 11) is 4.03. The van der Waals surface area contributed by atoms with Gasteiger partial charge in [-0.05, 0) is 30.3 Å². The molecule has 1 aromatic heterocycles. The number of Topliss-reactive ketones (excluding diaryl/α,β-unsaturated/α-hetero) is 2. The van der Waals surface area contributed by atoms with Crippen molar-refractivity contribution in [3.05, 3.63) is 65.7 Å². The van der Waals surface area contributed by atoms with Gasteiger partial charge in [-0.2, -0.15) is 0 Å². The summed E-state index contributed by atoms with van der Waals surface area (Å²) in [6.07, 6.45) is 4.14. The predicted octanol–water partition coefficient (Wildman–Crippen LogP) is 0.126. The van der Waals surface area contributed by atoms with E-state index in [1.165, 1.54) is 34.1 Å². The third-order valence-corrected chi connectivity index (χ3v) is 4.97. The van der Waals surface area contributed by atoms with Crippen LogP contribution in [0.1, 0.15) is 28.4 Å². The van der Waals surface area contributed by atoms with E-state index < -0.39 is 35.3 Å². The van der Waals surface area contributed by atoms with E-state index in [0.29, 0.717) is 18.5 Å². The van der Waals surface area contributed by atoms with E-state index in [-0.39, 0.29) is 5.56 Å². The highest BCUT2D eigenvalue weighted by Crippen LogP contribution is 2.37. The Morgan fingerprint density at radius 2 is 1.89 bits per heavy atom. The molecule has 0 aliphatic carbocycles. The van der Waals surface area contributed by atoms with Crippen molar-refractivity contribution in [1.82, 2.24) is 4.90 Å². The van der Waals surface area contributed by atoms with Crippen LogP contribution in [0.15, 0.2) is 48.8 Å². The van der Waals surface area contributed by atoms with Gasteiger partial charge in [-0.15, -0.1) is 0 Å². The molecule has 2 atom stereocenters. The van der Waals surface area contributed by atoms with E-state index in [1.54, 1.807) is 24.5 Å². The highest BCUT2D eigenvalue weighted by Gasteiger charge is 2.51. The van der Waals surface area contributed by atoms with Gasteiger partial charge in [0.15, 0.2) is 18.2 Å². The molecule has 1 saturated heterocycles. The van der Waals surface area contributed by atoms with Crippen molar-refractivity contribution in [2.75, 3.05) is 27.2 Å². The van der Waals surface area contributed by atoms with Gasteiger partial charge in [0.05, 0.1) is 26.7 Å². The fourth-order valence-corrected chi connectivity index (χ4v) is 3.59. The number of ketones is 2. The van der Waals surface area contributed by atoms with Crippen molar-refractivity contribution in [3.63, 3.8) is 0 Å². The lowest BCUT2D eigenvalue weighted by Gasteiger charge is -2.26. The number of likely N-dealkylation sites (tertiary alicyclic amines) is 1. The highest BCUT2D eigenvalue weighted by molar-refractivity contribution is 6.44. The molecule has 2 heterocycles. The number of pyridine rings is 1. The molecule has 1 aliphatic rings. The molecule has 1 fully saturated rings. The number of quaternary nitrogens is 1. The molecular weight excluding hydrogens is 361 g/mol. The minimum Gasteiger partial charge on any atom is -0.340 e. The molecule has 1 amide bonds. The van der Waals surface area contributed by atoms with Gasteiger partial charge in [-0.3, -0.25) is 14.4 Å². The Hall–Kier alpha value is -2.93. The summed E-state index contributed by atoms with van der Waals surface area (Å²) < 4.78 is 13.2. The molecule has 2 aromatic rings. The fourth-order valence-electron chi connectivity index (χ4n) is 3.59. The summed E-state index contributed by atoms with van der Waals surface area (Å²) in [4.78, 5) is 44.3. The maximum Gasteiger partial charge on any atom is 0.291 e. The van der Waals surface area contributed by atoms with E-state index in [0.717, 1.165) is 6.54 Å². The third kappa shape index (κ3) is 3.99. The minimum absolute atomic E-state index is 0.219. The van der Waals surface area contributed by atoms with E-state index in [9.17, 15) is 18.8 Å². The normalized spacial score (nSPS) is 19.5. The molecule has 2 unspecified atom stereocenters. The first-order chi connectivity index (χ1) is 13.4. The zero-order valence-corrected chi connectivity index (χ0v) is 15.9. The Balaban J connectivity index is 1.96. The quantitative estimate of drug-likeness (QED) is 0.418. The summed E-state index contributed by atoms with van der Waals surface area (Å²) in [5, 5.41) is 0. The van der Waals surface area contributed by atoms with Crippen molar-refractivity contribution in [2.45, 2.75) is 12.5 Å². The molecule has 2 N–H and O–H groups in total. The van der Waals surface area contributed by atoms with Crippen LogP contribution in [0.5, 0.6) is 0 Å². The van der Waals surface area contributed by atoms with Crippen LogP contribution in [-0.4, -0.2) is 49.6 Å². The van der Waals surface area contributed by atoms with Gasteiger partial charge < -0.3 is 9.80 Å². The number of nitrogens with zero attached hydrogens (tertiary/aromatic N) is 1. The van der Waals surface area contributed by atoms with Crippen LogP contribution >= 0.6 is 0 Å². The summed E-state index contributed by atoms with van der Waals surface area (Å²) in [5.74, 6) is -3.41. The molecule has 6 nitrogen and oxygen atoms in total. The average molecular weight is 385 g/mol.